The smallest absolute Gasteiger partial charge is 0.275 e. The normalized spacial score (nSPS) is 18.0. The van der Waals surface area contributed by atoms with E-state index in [9.17, 15) is 18.0 Å². The number of piperidine rings is 1. The van der Waals surface area contributed by atoms with Crippen LogP contribution in [0, 0.1) is 5.92 Å². The fourth-order valence-electron chi connectivity index (χ4n) is 6.78. The van der Waals surface area contributed by atoms with Crippen LogP contribution in [0.15, 0.2) is 101 Å². The molecule has 218 valence electrons. The van der Waals surface area contributed by atoms with Crippen LogP contribution in [0.25, 0.3) is 21.5 Å². The maximum absolute atomic E-state index is 13.7. The number of anilines is 2. The highest BCUT2D eigenvalue weighted by atomic mass is 32.2. The third kappa shape index (κ3) is 4.73. The molecule has 43 heavy (non-hydrogen) atoms. The Balaban J connectivity index is 1.16. The highest BCUT2D eigenvalue weighted by Crippen LogP contribution is 2.37. The summed E-state index contributed by atoms with van der Waals surface area (Å²) in [5.74, 6) is 0.0914. The second-order valence-corrected chi connectivity index (χ2v) is 13.4. The lowest BCUT2D eigenvalue weighted by Crippen LogP contribution is -2.49. The van der Waals surface area contributed by atoms with Crippen LogP contribution in [0.2, 0.25) is 0 Å². The van der Waals surface area contributed by atoms with E-state index in [-0.39, 0.29) is 33.9 Å². The van der Waals surface area contributed by atoms with Gasteiger partial charge < -0.3 is 14.4 Å². The first-order chi connectivity index (χ1) is 20.7. The number of carbonyl (C=O) groups is 1. The van der Waals surface area contributed by atoms with Crippen LogP contribution in [0.1, 0.15) is 28.4 Å². The van der Waals surface area contributed by atoms with E-state index in [1.54, 1.807) is 28.8 Å². The van der Waals surface area contributed by atoms with Crippen LogP contribution >= 0.6 is 0 Å². The molecule has 0 spiro atoms. The van der Waals surface area contributed by atoms with Crippen LogP contribution in [-0.4, -0.2) is 51.0 Å². The Morgan fingerprint density at radius 3 is 2.42 bits per heavy atom. The van der Waals surface area contributed by atoms with Crippen molar-refractivity contribution in [2.45, 2.75) is 23.8 Å². The molecule has 8 nitrogen and oxygen atoms in total. The van der Waals surface area contributed by atoms with Crippen molar-refractivity contribution in [3.05, 3.63) is 113 Å². The molecule has 7 rings (SSSR count). The number of nitrogens with zero attached hydrogens (tertiary/aromatic N) is 3. The van der Waals surface area contributed by atoms with E-state index in [1.165, 1.54) is 0 Å². The first-order valence-corrected chi connectivity index (χ1v) is 15.9. The van der Waals surface area contributed by atoms with Gasteiger partial charge in [-0.05, 0) is 59.5 Å². The zero-order valence-corrected chi connectivity index (χ0v) is 24.8. The molecule has 3 heterocycles. The number of carbonyl (C=O) groups excluding carboxylic acids is 1. The van der Waals surface area contributed by atoms with Gasteiger partial charge in [-0.1, -0.05) is 54.6 Å². The topological polar surface area (TPSA) is 91.7 Å². The summed E-state index contributed by atoms with van der Waals surface area (Å²) in [6, 6.07) is 27.9. The fourth-order valence-corrected chi connectivity index (χ4v) is 8.06. The molecular weight excluding hydrogens is 560 g/mol. The second kappa shape index (κ2) is 10.3. The first-order valence-electron chi connectivity index (χ1n) is 14.4. The number of rotatable bonds is 5. The number of fused-ring (bicyclic) bond motifs is 6. The average molecular weight is 593 g/mol. The monoisotopic (exact) mass is 592 g/mol. The number of pyridine rings is 1. The lowest BCUT2D eigenvalue weighted by molar-refractivity contribution is 0.0595. The number of benzene rings is 4. The molecule has 2 atom stereocenters. The zero-order chi connectivity index (χ0) is 29.9. The third-order valence-electron chi connectivity index (χ3n) is 8.76. The summed E-state index contributed by atoms with van der Waals surface area (Å²) < 4.78 is 31.5. The molecule has 1 amide bonds. The van der Waals surface area contributed by atoms with E-state index >= 15 is 0 Å². The standard InChI is InChI=1S/C34H32N4O4S/c1-36(2)31-11-5-10-28-27(31)9-6-12-32(28)43(41,42)35-29-15-16-30-26-17-22(20-38(30)34(29)40)19-37(21-26)33(39)25-14-13-23-7-3-4-8-24(23)18-25/h3-16,18,22,26,35H,17,19-21H2,1-2H3/t22-,26+/m0/s1. The van der Waals surface area contributed by atoms with Crippen molar-refractivity contribution in [1.82, 2.24) is 9.47 Å². The molecule has 1 N–H and O–H groups in total. The third-order valence-corrected chi connectivity index (χ3v) is 10.2. The maximum atomic E-state index is 13.7. The molecule has 1 saturated heterocycles. The lowest BCUT2D eigenvalue weighted by Gasteiger charge is -2.43. The molecule has 2 bridgehead atoms. The van der Waals surface area contributed by atoms with Crippen molar-refractivity contribution in [2.75, 3.05) is 36.8 Å². The summed E-state index contributed by atoms with van der Waals surface area (Å²) in [4.78, 5) is 31.2. The van der Waals surface area contributed by atoms with Gasteiger partial charge in [-0.3, -0.25) is 14.3 Å². The zero-order valence-electron chi connectivity index (χ0n) is 24.0. The van der Waals surface area contributed by atoms with Gasteiger partial charge in [0.15, 0.2) is 0 Å². The largest absolute Gasteiger partial charge is 0.377 e. The highest BCUT2D eigenvalue weighted by Gasteiger charge is 2.37. The number of hydrogen-bond acceptors (Lipinski definition) is 5. The quantitative estimate of drug-likeness (QED) is 0.300. The van der Waals surface area contributed by atoms with E-state index in [0.29, 0.717) is 30.6 Å². The fraction of sp³-hybridized carbons (Fsp3) is 0.235. The molecule has 2 aliphatic heterocycles. The summed E-state index contributed by atoms with van der Waals surface area (Å²) in [6.45, 7) is 1.49. The molecule has 4 aromatic carbocycles. The van der Waals surface area contributed by atoms with Gasteiger partial charge in [0.1, 0.15) is 5.69 Å². The summed E-state index contributed by atoms with van der Waals surface area (Å²) in [5, 5.41) is 3.52. The van der Waals surface area contributed by atoms with Crippen LogP contribution in [-0.2, 0) is 16.6 Å². The van der Waals surface area contributed by atoms with Gasteiger partial charge in [-0.2, -0.15) is 0 Å². The van der Waals surface area contributed by atoms with E-state index in [2.05, 4.69) is 4.72 Å². The Morgan fingerprint density at radius 1 is 0.837 bits per heavy atom. The van der Waals surface area contributed by atoms with Crippen molar-refractivity contribution in [3.8, 4) is 0 Å². The molecule has 0 aliphatic carbocycles. The molecule has 5 aromatic rings. The number of sulfonamides is 1. The number of amides is 1. The van der Waals surface area contributed by atoms with Crippen molar-refractivity contribution in [3.63, 3.8) is 0 Å². The predicted octanol–water partition coefficient (Wildman–Crippen LogP) is 5.28. The van der Waals surface area contributed by atoms with Crippen LogP contribution in [0.5, 0.6) is 0 Å². The van der Waals surface area contributed by atoms with Gasteiger partial charge in [0, 0.05) is 67.4 Å². The van der Waals surface area contributed by atoms with Gasteiger partial charge in [-0.15, -0.1) is 0 Å². The Morgan fingerprint density at radius 2 is 1.60 bits per heavy atom. The molecule has 2 aliphatic rings. The second-order valence-electron chi connectivity index (χ2n) is 11.8. The van der Waals surface area contributed by atoms with E-state index in [4.69, 9.17) is 0 Å². The number of aromatic nitrogens is 1. The van der Waals surface area contributed by atoms with E-state index < -0.39 is 10.0 Å². The number of hydrogen-bond donors (Lipinski definition) is 1. The Labute approximate surface area is 250 Å². The highest BCUT2D eigenvalue weighted by molar-refractivity contribution is 7.93. The lowest BCUT2D eigenvalue weighted by atomic mass is 9.83. The van der Waals surface area contributed by atoms with Crippen molar-refractivity contribution in [2.24, 2.45) is 5.92 Å². The summed E-state index contributed by atoms with van der Waals surface area (Å²) in [7, 11) is -0.225. The van der Waals surface area contributed by atoms with Gasteiger partial charge in [-0.25, -0.2) is 8.42 Å². The molecule has 9 heteroatoms. The Hall–Kier alpha value is -4.63. The molecule has 1 aromatic heterocycles. The van der Waals surface area contributed by atoms with Gasteiger partial charge in [0.2, 0.25) is 0 Å². The van der Waals surface area contributed by atoms with E-state index in [0.717, 1.165) is 34.0 Å². The number of nitrogens with one attached hydrogen (secondary N) is 1. The maximum Gasteiger partial charge on any atom is 0.275 e. The Bertz CT molecular complexity index is 2090. The minimum absolute atomic E-state index is 0.00205. The predicted molar refractivity (Wildman–Crippen MR) is 170 cm³/mol. The Kier molecular flexibility index (Phi) is 6.50. The molecular formula is C34H32N4O4S. The number of likely N-dealkylation sites (tertiary alicyclic amines) is 1. The van der Waals surface area contributed by atoms with Gasteiger partial charge in [0.05, 0.1) is 4.90 Å². The van der Waals surface area contributed by atoms with Crippen molar-refractivity contribution < 1.29 is 13.2 Å². The van der Waals surface area contributed by atoms with Crippen LogP contribution in [0.3, 0.4) is 0 Å². The SMILES string of the molecule is CN(C)c1cccc2c(S(=O)(=O)Nc3ccc4n(c3=O)C[C@H]3C[C@@H]4CN(C(=O)c4ccc5ccccc5c4)C3)cccc12. The molecule has 0 unspecified atom stereocenters. The molecule has 0 radical (unpaired) electrons. The van der Waals surface area contributed by atoms with Crippen molar-refractivity contribution >= 4 is 48.9 Å². The van der Waals surface area contributed by atoms with Crippen LogP contribution < -0.4 is 15.2 Å². The molecule has 0 saturated carbocycles. The first kappa shape index (κ1) is 27.2. The van der Waals surface area contributed by atoms with Crippen LogP contribution in [0.4, 0.5) is 11.4 Å². The van der Waals surface area contributed by atoms with Crippen molar-refractivity contribution in [1.29, 1.82) is 0 Å². The average Bonchev–Trinajstić information content (AvgIpc) is 3.01. The minimum Gasteiger partial charge on any atom is -0.377 e. The molecule has 1 fully saturated rings. The minimum atomic E-state index is -4.05. The summed E-state index contributed by atoms with van der Waals surface area (Å²) in [6.07, 6.45) is 0.885. The van der Waals surface area contributed by atoms with E-state index in [1.807, 2.05) is 90.6 Å². The van der Waals surface area contributed by atoms with Gasteiger partial charge >= 0.3 is 0 Å². The van der Waals surface area contributed by atoms with Gasteiger partial charge in [0.25, 0.3) is 21.5 Å². The summed E-state index contributed by atoms with van der Waals surface area (Å²) >= 11 is 0. The summed E-state index contributed by atoms with van der Waals surface area (Å²) in [5.41, 5.74) is 2.06.